The molecule has 0 bridgehead atoms. The van der Waals surface area contributed by atoms with Gasteiger partial charge in [0.05, 0.1) is 18.4 Å². The summed E-state index contributed by atoms with van der Waals surface area (Å²) in [6.07, 6.45) is 4.87. The van der Waals surface area contributed by atoms with Gasteiger partial charge in [0.25, 0.3) is 0 Å². The maximum absolute atomic E-state index is 13.5. The molecule has 5 nitrogen and oxygen atoms in total. The lowest BCUT2D eigenvalue weighted by atomic mass is 9.93. The maximum atomic E-state index is 13.5. The Morgan fingerprint density at radius 1 is 1.09 bits per heavy atom. The summed E-state index contributed by atoms with van der Waals surface area (Å²) in [6, 6.07) is 13.6. The molecule has 0 saturated heterocycles. The van der Waals surface area contributed by atoms with Crippen molar-refractivity contribution in [2.45, 2.75) is 64.5 Å². The number of Topliss-reactive ketones (excluding diaryl/α,β-unsaturated/α-hetero) is 1. The predicted octanol–water partition coefficient (Wildman–Crippen LogP) is 7.51. The molecule has 0 aliphatic carbocycles. The second-order valence-electron chi connectivity index (χ2n) is 9.49. The van der Waals surface area contributed by atoms with E-state index >= 15 is 0 Å². The van der Waals surface area contributed by atoms with E-state index in [4.69, 9.17) is 33.0 Å². The fraction of sp³-hybridized carbons (Fsp3) is 0.429. The SMILES string of the molecule is C[C@H](CC(=O)O)CC(=O)c1c2n(c3ccc(Cl)cc13)CCO[C@H]2CCCCCc1cccc(Cl)c1. The molecule has 0 amide bonds. The fourth-order valence-electron chi connectivity index (χ4n) is 5.12. The van der Waals surface area contributed by atoms with Crippen molar-refractivity contribution in [2.75, 3.05) is 6.61 Å². The Morgan fingerprint density at radius 3 is 2.66 bits per heavy atom. The Kier molecular flexibility index (Phi) is 8.53. The molecular weight excluding hydrogens is 485 g/mol. The van der Waals surface area contributed by atoms with Crippen LogP contribution in [-0.4, -0.2) is 28.0 Å². The van der Waals surface area contributed by atoms with E-state index in [1.807, 2.05) is 36.4 Å². The topological polar surface area (TPSA) is 68.5 Å². The molecule has 2 atom stereocenters. The number of rotatable bonds is 11. The molecule has 0 fully saturated rings. The van der Waals surface area contributed by atoms with Gasteiger partial charge in [-0.25, -0.2) is 0 Å². The molecule has 1 N–H and O–H groups in total. The molecule has 7 heteroatoms. The van der Waals surface area contributed by atoms with Crippen LogP contribution in [0.5, 0.6) is 0 Å². The summed E-state index contributed by atoms with van der Waals surface area (Å²) in [5.74, 6) is -1.19. The summed E-state index contributed by atoms with van der Waals surface area (Å²) < 4.78 is 8.38. The number of carboxylic acid groups (broad SMARTS) is 1. The summed E-state index contributed by atoms with van der Waals surface area (Å²) in [4.78, 5) is 24.6. The van der Waals surface area contributed by atoms with Gasteiger partial charge in [0.15, 0.2) is 5.78 Å². The number of halogens is 2. The lowest BCUT2D eigenvalue weighted by molar-refractivity contribution is -0.137. The van der Waals surface area contributed by atoms with Gasteiger partial charge in [0.1, 0.15) is 0 Å². The molecule has 0 saturated carbocycles. The first-order valence-electron chi connectivity index (χ1n) is 12.3. The molecule has 1 aliphatic rings. The summed E-state index contributed by atoms with van der Waals surface area (Å²) >= 11 is 12.4. The number of unbranched alkanes of at least 4 members (excludes halogenated alkanes) is 2. The van der Waals surface area contributed by atoms with Gasteiger partial charge in [-0.2, -0.15) is 0 Å². The Labute approximate surface area is 216 Å². The summed E-state index contributed by atoms with van der Waals surface area (Å²) in [7, 11) is 0. The highest BCUT2D eigenvalue weighted by Crippen LogP contribution is 2.39. The van der Waals surface area contributed by atoms with Crippen molar-refractivity contribution >= 4 is 45.9 Å². The number of benzene rings is 2. The Bertz CT molecular complexity index is 1220. The largest absolute Gasteiger partial charge is 0.481 e. The van der Waals surface area contributed by atoms with Crippen LogP contribution < -0.4 is 0 Å². The van der Waals surface area contributed by atoms with Crippen LogP contribution in [0, 0.1) is 5.92 Å². The molecule has 2 aromatic carbocycles. The van der Waals surface area contributed by atoms with Crippen LogP contribution in [0.25, 0.3) is 10.9 Å². The van der Waals surface area contributed by atoms with Crippen molar-refractivity contribution in [1.82, 2.24) is 4.57 Å². The highest BCUT2D eigenvalue weighted by atomic mass is 35.5. The lowest BCUT2D eigenvalue weighted by Crippen LogP contribution is -2.23. The predicted molar refractivity (Wildman–Crippen MR) is 140 cm³/mol. The second kappa shape index (κ2) is 11.6. The van der Waals surface area contributed by atoms with Crippen molar-refractivity contribution in [3.63, 3.8) is 0 Å². The third kappa shape index (κ3) is 6.27. The first-order valence-corrected chi connectivity index (χ1v) is 13.0. The Hall–Kier alpha value is -2.34. The van der Waals surface area contributed by atoms with E-state index in [0.29, 0.717) is 23.7 Å². The van der Waals surface area contributed by atoms with Crippen molar-refractivity contribution < 1.29 is 19.4 Å². The number of hydrogen-bond donors (Lipinski definition) is 1. The van der Waals surface area contributed by atoms with Crippen LogP contribution in [0.2, 0.25) is 10.0 Å². The minimum atomic E-state index is -0.893. The molecule has 0 radical (unpaired) electrons. The number of carbonyl (C=O) groups excluding carboxylic acids is 1. The maximum Gasteiger partial charge on any atom is 0.303 e. The normalized spacial score (nSPS) is 16.3. The van der Waals surface area contributed by atoms with Crippen LogP contribution in [-0.2, 0) is 22.5 Å². The zero-order valence-corrected chi connectivity index (χ0v) is 21.4. The number of aromatic nitrogens is 1. The van der Waals surface area contributed by atoms with Crippen LogP contribution in [0.4, 0.5) is 0 Å². The molecule has 0 unspecified atom stereocenters. The fourth-order valence-corrected chi connectivity index (χ4v) is 5.50. The van der Waals surface area contributed by atoms with Gasteiger partial charge >= 0.3 is 5.97 Å². The third-order valence-corrected chi connectivity index (χ3v) is 7.13. The summed E-state index contributed by atoms with van der Waals surface area (Å²) in [5.41, 5.74) is 3.78. The third-order valence-electron chi connectivity index (χ3n) is 6.66. The smallest absolute Gasteiger partial charge is 0.303 e. The average Bonchev–Trinajstić information content (AvgIpc) is 3.12. The van der Waals surface area contributed by atoms with Crippen LogP contribution in [0.1, 0.15) is 73.2 Å². The van der Waals surface area contributed by atoms with Crippen LogP contribution in [0.15, 0.2) is 42.5 Å². The number of carbonyl (C=O) groups is 2. The van der Waals surface area contributed by atoms with E-state index in [9.17, 15) is 9.59 Å². The first-order chi connectivity index (χ1) is 16.8. The zero-order valence-electron chi connectivity index (χ0n) is 19.9. The number of fused-ring (bicyclic) bond motifs is 3. The van der Waals surface area contributed by atoms with E-state index in [1.165, 1.54) is 5.56 Å². The average molecular weight is 516 g/mol. The van der Waals surface area contributed by atoms with Crippen LogP contribution >= 0.6 is 23.2 Å². The number of aliphatic carboxylic acids is 1. The van der Waals surface area contributed by atoms with Gasteiger partial charge in [0.2, 0.25) is 0 Å². The van der Waals surface area contributed by atoms with E-state index in [0.717, 1.165) is 53.7 Å². The number of hydrogen-bond acceptors (Lipinski definition) is 3. The summed E-state index contributed by atoms with van der Waals surface area (Å²) in [6.45, 7) is 3.07. The van der Waals surface area contributed by atoms with Gasteiger partial charge in [-0.15, -0.1) is 0 Å². The highest BCUT2D eigenvalue weighted by molar-refractivity contribution is 6.31. The Balaban J connectivity index is 1.52. The van der Waals surface area contributed by atoms with Gasteiger partial charge in [-0.05, 0) is 61.1 Å². The van der Waals surface area contributed by atoms with Gasteiger partial charge in [-0.3, -0.25) is 9.59 Å². The molecule has 0 spiro atoms. The molecule has 2 heterocycles. The molecule has 4 rings (SSSR count). The van der Waals surface area contributed by atoms with Gasteiger partial charge in [0, 0.05) is 45.9 Å². The second-order valence-corrected chi connectivity index (χ2v) is 10.4. The summed E-state index contributed by atoms with van der Waals surface area (Å²) in [5, 5.41) is 11.3. The molecular formula is C28H31Cl2NO4. The minimum Gasteiger partial charge on any atom is -0.481 e. The number of nitrogens with zero attached hydrogens (tertiary/aromatic N) is 1. The number of aryl methyl sites for hydroxylation is 1. The number of carboxylic acids is 1. The quantitative estimate of drug-likeness (QED) is 0.212. The number of ketones is 1. The van der Waals surface area contributed by atoms with Crippen molar-refractivity contribution in [1.29, 1.82) is 0 Å². The van der Waals surface area contributed by atoms with Crippen LogP contribution in [0.3, 0.4) is 0 Å². The van der Waals surface area contributed by atoms with E-state index in [-0.39, 0.29) is 30.6 Å². The number of ether oxygens (including phenoxy) is 1. The minimum absolute atomic E-state index is 0.0347. The molecule has 1 aliphatic heterocycles. The monoisotopic (exact) mass is 515 g/mol. The molecule has 186 valence electrons. The molecule has 3 aromatic rings. The van der Waals surface area contributed by atoms with Crippen molar-refractivity contribution in [3.8, 4) is 0 Å². The van der Waals surface area contributed by atoms with Crippen molar-refractivity contribution in [2.24, 2.45) is 5.92 Å². The van der Waals surface area contributed by atoms with Gasteiger partial charge in [-0.1, -0.05) is 55.1 Å². The first kappa shape index (κ1) is 25.7. The Morgan fingerprint density at radius 2 is 1.89 bits per heavy atom. The van der Waals surface area contributed by atoms with Crippen molar-refractivity contribution in [3.05, 3.63) is 69.3 Å². The van der Waals surface area contributed by atoms with E-state index < -0.39 is 5.97 Å². The lowest BCUT2D eigenvalue weighted by Gasteiger charge is -2.27. The van der Waals surface area contributed by atoms with E-state index in [1.54, 1.807) is 6.92 Å². The molecule has 35 heavy (non-hydrogen) atoms. The van der Waals surface area contributed by atoms with E-state index in [2.05, 4.69) is 10.6 Å². The highest BCUT2D eigenvalue weighted by Gasteiger charge is 2.31. The standard InChI is InChI=1S/C28H31Cl2NO4/c1-18(15-26(33)34)14-24(32)27-22-17-21(30)10-11-23(22)31-12-13-35-25(28(27)31)9-4-2-3-6-19-7-5-8-20(29)16-19/h5,7-8,10-11,16-18,25H,2-4,6,9,12-15H2,1H3,(H,33,34)/t18-,25-/m0/s1. The zero-order chi connectivity index (χ0) is 24.9. The van der Waals surface area contributed by atoms with Gasteiger partial charge < -0.3 is 14.4 Å². The molecule has 1 aromatic heterocycles.